The molecule has 1 amide bonds. The zero-order valence-electron chi connectivity index (χ0n) is 17.2. The van der Waals surface area contributed by atoms with Gasteiger partial charge in [-0.25, -0.2) is 4.99 Å². The fourth-order valence-electron chi connectivity index (χ4n) is 2.67. The standard InChI is InChI=1S/C20H32N4O3.HI/c1-15-8-5-6-10-18(15)27-16(2)12-21-20(23-14-19(25)24(3)4)22-13-17-9-7-11-26-17;/h5-6,8,10,16-17H,7,9,11-14H2,1-4H3,(H2,21,22,23);1H. The van der Waals surface area contributed by atoms with Crippen LogP contribution in [0.25, 0.3) is 0 Å². The molecule has 0 bridgehead atoms. The SMILES string of the molecule is Cc1ccccc1OC(C)CNC(=NCC(=O)N(C)C)NCC1CCCO1.I. The Labute approximate surface area is 185 Å². The minimum absolute atomic E-state index is 0. The highest BCUT2D eigenvalue weighted by Gasteiger charge is 2.16. The number of nitrogens with zero attached hydrogens (tertiary/aromatic N) is 2. The van der Waals surface area contributed by atoms with Crippen LogP contribution < -0.4 is 15.4 Å². The number of amides is 1. The van der Waals surface area contributed by atoms with Crippen molar-refractivity contribution < 1.29 is 14.3 Å². The van der Waals surface area contributed by atoms with Crippen molar-refractivity contribution in [3.05, 3.63) is 29.8 Å². The summed E-state index contributed by atoms with van der Waals surface area (Å²) in [6.07, 6.45) is 2.28. The third-order valence-corrected chi connectivity index (χ3v) is 4.37. The molecule has 1 saturated heterocycles. The zero-order valence-corrected chi connectivity index (χ0v) is 19.6. The molecule has 0 aromatic heterocycles. The third kappa shape index (κ3) is 8.64. The zero-order chi connectivity index (χ0) is 19.6. The van der Waals surface area contributed by atoms with E-state index >= 15 is 0 Å². The fourth-order valence-corrected chi connectivity index (χ4v) is 2.67. The molecule has 158 valence electrons. The van der Waals surface area contributed by atoms with Crippen molar-refractivity contribution in [3.63, 3.8) is 0 Å². The second-order valence-electron chi connectivity index (χ2n) is 7.04. The number of ether oxygens (including phenoxy) is 2. The Morgan fingerprint density at radius 3 is 2.75 bits per heavy atom. The van der Waals surface area contributed by atoms with Gasteiger partial charge in [-0.05, 0) is 38.3 Å². The molecule has 1 fully saturated rings. The third-order valence-electron chi connectivity index (χ3n) is 4.37. The van der Waals surface area contributed by atoms with E-state index in [1.807, 2.05) is 38.1 Å². The van der Waals surface area contributed by atoms with Crippen LogP contribution in [0.1, 0.15) is 25.3 Å². The minimum atomic E-state index is -0.0506. The van der Waals surface area contributed by atoms with E-state index in [9.17, 15) is 4.79 Å². The first kappa shape index (κ1) is 24.5. The summed E-state index contributed by atoms with van der Waals surface area (Å²) in [6, 6.07) is 7.95. The van der Waals surface area contributed by atoms with Crippen molar-refractivity contribution in [2.24, 2.45) is 4.99 Å². The first-order valence-corrected chi connectivity index (χ1v) is 9.52. The highest BCUT2D eigenvalue weighted by atomic mass is 127. The van der Waals surface area contributed by atoms with Gasteiger partial charge in [-0.15, -0.1) is 24.0 Å². The summed E-state index contributed by atoms with van der Waals surface area (Å²) in [5, 5.41) is 6.54. The number of para-hydroxylation sites is 1. The van der Waals surface area contributed by atoms with Crippen molar-refractivity contribution in [1.82, 2.24) is 15.5 Å². The van der Waals surface area contributed by atoms with Gasteiger partial charge in [0.05, 0.1) is 12.6 Å². The van der Waals surface area contributed by atoms with Gasteiger partial charge >= 0.3 is 0 Å². The number of carbonyl (C=O) groups excluding carboxylic acids is 1. The molecular formula is C20H33IN4O3. The van der Waals surface area contributed by atoms with E-state index in [4.69, 9.17) is 9.47 Å². The van der Waals surface area contributed by atoms with Crippen molar-refractivity contribution in [3.8, 4) is 5.75 Å². The van der Waals surface area contributed by atoms with E-state index < -0.39 is 0 Å². The Hall–Kier alpha value is -1.55. The maximum Gasteiger partial charge on any atom is 0.243 e. The van der Waals surface area contributed by atoms with Crippen LogP contribution >= 0.6 is 24.0 Å². The summed E-state index contributed by atoms with van der Waals surface area (Å²) in [6.45, 7) is 6.19. The molecule has 1 aromatic rings. The first-order valence-electron chi connectivity index (χ1n) is 9.52. The number of aliphatic imine (C=N–C) groups is 1. The molecule has 0 saturated carbocycles. The number of halogens is 1. The second-order valence-corrected chi connectivity index (χ2v) is 7.04. The number of nitrogens with one attached hydrogen (secondary N) is 2. The lowest BCUT2D eigenvalue weighted by molar-refractivity contribution is -0.127. The smallest absolute Gasteiger partial charge is 0.243 e. The van der Waals surface area contributed by atoms with Crippen LogP contribution in [0.2, 0.25) is 0 Å². The number of guanidine groups is 1. The molecule has 0 radical (unpaired) electrons. The maximum absolute atomic E-state index is 11.8. The first-order chi connectivity index (χ1) is 13.0. The van der Waals surface area contributed by atoms with Crippen LogP contribution in [-0.2, 0) is 9.53 Å². The Morgan fingerprint density at radius 2 is 2.11 bits per heavy atom. The molecule has 0 aliphatic carbocycles. The number of aryl methyl sites for hydroxylation is 1. The largest absolute Gasteiger partial charge is 0.489 e. The van der Waals surface area contributed by atoms with Gasteiger partial charge in [0.2, 0.25) is 5.91 Å². The van der Waals surface area contributed by atoms with Crippen molar-refractivity contribution in [2.75, 3.05) is 40.3 Å². The van der Waals surface area contributed by atoms with E-state index in [0.717, 1.165) is 30.8 Å². The predicted molar refractivity (Wildman–Crippen MR) is 123 cm³/mol. The minimum Gasteiger partial charge on any atom is -0.489 e. The van der Waals surface area contributed by atoms with Gasteiger partial charge in [0.25, 0.3) is 0 Å². The molecule has 7 nitrogen and oxygen atoms in total. The quantitative estimate of drug-likeness (QED) is 0.323. The Bertz CT molecular complexity index is 634. The normalized spacial score (nSPS) is 17.4. The van der Waals surface area contributed by atoms with Crippen LogP contribution in [0.5, 0.6) is 5.75 Å². The summed E-state index contributed by atoms with van der Waals surface area (Å²) in [4.78, 5) is 17.8. The predicted octanol–water partition coefficient (Wildman–Crippen LogP) is 2.18. The van der Waals surface area contributed by atoms with Gasteiger partial charge in [0.15, 0.2) is 5.96 Å². The van der Waals surface area contributed by atoms with Gasteiger partial charge in [0.1, 0.15) is 18.4 Å². The molecule has 28 heavy (non-hydrogen) atoms. The van der Waals surface area contributed by atoms with Crippen LogP contribution in [-0.4, -0.2) is 69.3 Å². The number of benzene rings is 1. The van der Waals surface area contributed by atoms with Crippen LogP contribution in [0.3, 0.4) is 0 Å². The number of hydrogen-bond donors (Lipinski definition) is 2. The van der Waals surface area contributed by atoms with Crippen molar-refractivity contribution >= 4 is 35.8 Å². The van der Waals surface area contributed by atoms with E-state index in [0.29, 0.717) is 19.0 Å². The van der Waals surface area contributed by atoms with E-state index in [1.54, 1.807) is 14.1 Å². The van der Waals surface area contributed by atoms with Crippen LogP contribution in [0.15, 0.2) is 29.3 Å². The van der Waals surface area contributed by atoms with Gasteiger partial charge < -0.3 is 25.0 Å². The molecule has 2 atom stereocenters. The molecule has 1 aliphatic rings. The Kier molecular flexibility index (Phi) is 11.2. The number of likely N-dealkylation sites (N-methyl/N-ethyl adjacent to an activating group) is 1. The topological polar surface area (TPSA) is 75.2 Å². The highest BCUT2D eigenvalue weighted by molar-refractivity contribution is 14.0. The number of hydrogen-bond acceptors (Lipinski definition) is 4. The molecule has 2 rings (SSSR count). The summed E-state index contributed by atoms with van der Waals surface area (Å²) in [5.41, 5.74) is 1.10. The Balaban J connectivity index is 0.00000392. The summed E-state index contributed by atoms with van der Waals surface area (Å²) in [7, 11) is 3.45. The lowest BCUT2D eigenvalue weighted by atomic mass is 10.2. The monoisotopic (exact) mass is 504 g/mol. The van der Waals surface area contributed by atoms with E-state index in [1.165, 1.54) is 4.90 Å². The Morgan fingerprint density at radius 1 is 1.36 bits per heavy atom. The lowest BCUT2D eigenvalue weighted by Gasteiger charge is -2.20. The average Bonchev–Trinajstić information content (AvgIpc) is 3.16. The lowest BCUT2D eigenvalue weighted by Crippen LogP contribution is -2.45. The second kappa shape index (κ2) is 12.8. The van der Waals surface area contributed by atoms with Crippen LogP contribution in [0.4, 0.5) is 0 Å². The average molecular weight is 504 g/mol. The van der Waals surface area contributed by atoms with Gasteiger partial charge in [-0.1, -0.05) is 18.2 Å². The van der Waals surface area contributed by atoms with E-state index in [-0.39, 0.29) is 48.6 Å². The number of carbonyl (C=O) groups is 1. The molecule has 1 aliphatic heterocycles. The van der Waals surface area contributed by atoms with Gasteiger partial charge in [-0.2, -0.15) is 0 Å². The maximum atomic E-state index is 11.8. The molecule has 8 heteroatoms. The fraction of sp³-hybridized carbons (Fsp3) is 0.600. The molecule has 1 heterocycles. The molecular weight excluding hydrogens is 471 g/mol. The molecule has 1 aromatic carbocycles. The summed E-state index contributed by atoms with van der Waals surface area (Å²) in [5.74, 6) is 1.43. The number of rotatable bonds is 8. The summed E-state index contributed by atoms with van der Waals surface area (Å²) >= 11 is 0. The van der Waals surface area contributed by atoms with Gasteiger partial charge in [0, 0.05) is 27.2 Å². The summed E-state index contributed by atoms with van der Waals surface area (Å²) < 4.78 is 11.6. The van der Waals surface area contributed by atoms with Crippen molar-refractivity contribution in [1.29, 1.82) is 0 Å². The van der Waals surface area contributed by atoms with E-state index in [2.05, 4.69) is 15.6 Å². The molecule has 2 N–H and O–H groups in total. The van der Waals surface area contributed by atoms with Gasteiger partial charge in [-0.3, -0.25) is 4.79 Å². The molecule has 0 spiro atoms. The van der Waals surface area contributed by atoms with Crippen molar-refractivity contribution in [2.45, 2.75) is 38.9 Å². The molecule has 2 unspecified atom stereocenters. The highest BCUT2D eigenvalue weighted by Crippen LogP contribution is 2.17. The van der Waals surface area contributed by atoms with Crippen LogP contribution in [0, 0.1) is 6.92 Å².